The Hall–Kier alpha value is -0.770. The van der Waals surface area contributed by atoms with Crippen molar-refractivity contribution in [2.24, 2.45) is 5.73 Å². The molecule has 0 aliphatic carbocycles. The molecule has 1 rings (SSSR count). The van der Waals surface area contributed by atoms with Gasteiger partial charge in [-0.1, -0.05) is 25.4 Å². The van der Waals surface area contributed by atoms with E-state index < -0.39 is 6.10 Å². The number of ether oxygens (including phenoxy) is 1. The second-order valence-electron chi connectivity index (χ2n) is 4.76. The summed E-state index contributed by atoms with van der Waals surface area (Å²) >= 11 is 6.08. The smallest absolute Gasteiger partial charge is 0.122 e. The Bertz CT molecular complexity index is 384. The lowest BCUT2D eigenvalue weighted by Gasteiger charge is -2.21. The molecule has 2 unspecified atom stereocenters. The van der Waals surface area contributed by atoms with Crippen molar-refractivity contribution in [3.05, 3.63) is 28.8 Å². The monoisotopic (exact) mass is 285 g/mol. The Kier molecular flexibility index (Phi) is 7.21. The van der Waals surface area contributed by atoms with Crippen LogP contribution >= 0.6 is 11.6 Å². The first-order valence-corrected chi connectivity index (χ1v) is 7.30. The highest BCUT2D eigenvalue weighted by atomic mass is 35.5. The molecule has 0 heterocycles. The fourth-order valence-corrected chi connectivity index (χ4v) is 2.30. The van der Waals surface area contributed by atoms with Crippen LogP contribution in [0.4, 0.5) is 0 Å². The van der Waals surface area contributed by atoms with Crippen LogP contribution < -0.4 is 10.5 Å². The maximum absolute atomic E-state index is 9.76. The highest BCUT2D eigenvalue weighted by Crippen LogP contribution is 2.34. The summed E-state index contributed by atoms with van der Waals surface area (Å²) in [6.45, 7) is 5.14. The van der Waals surface area contributed by atoms with Crippen LogP contribution in [0.2, 0.25) is 5.02 Å². The summed E-state index contributed by atoms with van der Waals surface area (Å²) in [6.07, 6.45) is 2.03. The van der Waals surface area contributed by atoms with Crippen LogP contribution in [-0.4, -0.2) is 24.4 Å². The van der Waals surface area contributed by atoms with E-state index in [1.165, 1.54) is 0 Å². The van der Waals surface area contributed by atoms with Gasteiger partial charge in [0.25, 0.3) is 0 Å². The van der Waals surface area contributed by atoms with Gasteiger partial charge in [0.05, 0.1) is 12.7 Å². The van der Waals surface area contributed by atoms with Crippen molar-refractivity contribution in [3.8, 4) is 5.75 Å². The minimum atomic E-state index is -0.483. The van der Waals surface area contributed by atoms with Gasteiger partial charge in [0.1, 0.15) is 5.75 Å². The maximum atomic E-state index is 9.76. The van der Waals surface area contributed by atoms with Gasteiger partial charge in [0.2, 0.25) is 0 Å². The van der Waals surface area contributed by atoms with Gasteiger partial charge >= 0.3 is 0 Å². The molecule has 0 spiro atoms. The number of rotatable bonds is 8. The number of aliphatic hydroxyl groups is 1. The molecule has 0 bridgehead atoms. The molecule has 0 aliphatic rings. The van der Waals surface area contributed by atoms with Gasteiger partial charge in [-0.2, -0.15) is 0 Å². The van der Waals surface area contributed by atoms with Gasteiger partial charge < -0.3 is 15.6 Å². The summed E-state index contributed by atoms with van der Waals surface area (Å²) in [4.78, 5) is 0. The van der Waals surface area contributed by atoms with E-state index in [1.54, 1.807) is 0 Å². The van der Waals surface area contributed by atoms with Gasteiger partial charge in [0, 0.05) is 11.6 Å². The largest absolute Gasteiger partial charge is 0.493 e. The summed E-state index contributed by atoms with van der Waals surface area (Å²) < 4.78 is 5.77. The van der Waals surface area contributed by atoms with Crippen LogP contribution in [0, 0.1) is 0 Å². The topological polar surface area (TPSA) is 55.5 Å². The predicted molar refractivity (Wildman–Crippen MR) is 79.9 cm³/mol. The lowest BCUT2D eigenvalue weighted by Crippen LogP contribution is -2.22. The number of nitrogens with two attached hydrogens (primary N) is 1. The van der Waals surface area contributed by atoms with E-state index in [9.17, 15) is 5.11 Å². The van der Waals surface area contributed by atoms with E-state index in [-0.39, 0.29) is 12.5 Å². The third-order valence-electron chi connectivity index (χ3n) is 3.19. The van der Waals surface area contributed by atoms with Gasteiger partial charge in [0.15, 0.2) is 0 Å². The van der Waals surface area contributed by atoms with Crippen molar-refractivity contribution in [1.29, 1.82) is 0 Å². The zero-order valence-electron chi connectivity index (χ0n) is 11.7. The third-order valence-corrected chi connectivity index (χ3v) is 3.43. The second-order valence-corrected chi connectivity index (χ2v) is 5.20. The molecule has 108 valence electrons. The Balaban J connectivity index is 2.95. The van der Waals surface area contributed by atoms with Gasteiger partial charge in [-0.05, 0) is 48.9 Å². The van der Waals surface area contributed by atoms with E-state index in [0.717, 1.165) is 24.2 Å². The highest BCUT2D eigenvalue weighted by molar-refractivity contribution is 6.30. The molecular formula is C15H24ClNO2. The van der Waals surface area contributed by atoms with Gasteiger partial charge in [-0.15, -0.1) is 0 Å². The normalized spacial score (nSPS) is 14.2. The molecule has 19 heavy (non-hydrogen) atoms. The molecule has 0 amide bonds. The molecule has 0 saturated carbocycles. The fraction of sp³-hybridized carbons (Fsp3) is 0.600. The number of halogens is 1. The average molecular weight is 286 g/mol. The lowest BCUT2D eigenvalue weighted by atomic mass is 9.90. The third kappa shape index (κ3) is 5.01. The first-order chi connectivity index (χ1) is 9.12. The number of benzene rings is 1. The Morgan fingerprint density at radius 3 is 2.68 bits per heavy atom. The van der Waals surface area contributed by atoms with Crippen molar-refractivity contribution in [2.75, 3.05) is 13.2 Å². The standard InChI is InChI=1S/C15H24ClNO2/c1-3-7-19-15-6-5-12(16)9-14(15)11(4-2)8-13(18)10-17/h5-6,9,11,13,18H,3-4,7-8,10,17H2,1-2H3. The molecule has 3 nitrogen and oxygen atoms in total. The molecule has 2 atom stereocenters. The molecule has 1 aromatic rings. The van der Waals surface area contributed by atoms with E-state index in [0.29, 0.717) is 18.1 Å². The first-order valence-electron chi connectivity index (χ1n) is 6.92. The second kappa shape index (κ2) is 8.41. The number of hydrogen-bond donors (Lipinski definition) is 2. The molecule has 4 heteroatoms. The van der Waals surface area contributed by atoms with Crippen LogP contribution in [0.3, 0.4) is 0 Å². The molecule has 0 aromatic heterocycles. The number of hydrogen-bond acceptors (Lipinski definition) is 3. The molecule has 0 aliphatic heterocycles. The predicted octanol–water partition coefficient (Wildman–Crippen LogP) is 3.33. The van der Waals surface area contributed by atoms with Crippen molar-refractivity contribution < 1.29 is 9.84 Å². The zero-order valence-corrected chi connectivity index (χ0v) is 12.5. The Morgan fingerprint density at radius 2 is 2.11 bits per heavy atom. The minimum absolute atomic E-state index is 0.212. The maximum Gasteiger partial charge on any atom is 0.122 e. The summed E-state index contributed by atoms with van der Waals surface area (Å²) in [5, 5.41) is 10.5. The van der Waals surface area contributed by atoms with Crippen LogP contribution in [0.1, 0.15) is 44.6 Å². The summed E-state index contributed by atoms with van der Waals surface area (Å²) in [6, 6.07) is 5.68. The Morgan fingerprint density at radius 1 is 1.37 bits per heavy atom. The summed E-state index contributed by atoms with van der Waals surface area (Å²) in [5.74, 6) is 1.08. The van der Waals surface area contributed by atoms with E-state index in [2.05, 4.69) is 13.8 Å². The Labute approximate surface area is 120 Å². The minimum Gasteiger partial charge on any atom is -0.493 e. The van der Waals surface area contributed by atoms with Crippen molar-refractivity contribution >= 4 is 11.6 Å². The van der Waals surface area contributed by atoms with Crippen molar-refractivity contribution in [3.63, 3.8) is 0 Å². The van der Waals surface area contributed by atoms with E-state index in [1.807, 2.05) is 18.2 Å². The van der Waals surface area contributed by atoms with Crippen LogP contribution in [0.5, 0.6) is 5.75 Å². The van der Waals surface area contributed by atoms with Crippen LogP contribution in [-0.2, 0) is 0 Å². The van der Waals surface area contributed by atoms with Crippen LogP contribution in [0.25, 0.3) is 0 Å². The zero-order chi connectivity index (χ0) is 14.3. The van der Waals surface area contributed by atoms with Gasteiger partial charge in [-0.3, -0.25) is 0 Å². The van der Waals surface area contributed by atoms with Crippen molar-refractivity contribution in [1.82, 2.24) is 0 Å². The molecule has 0 saturated heterocycles. The van der Waals surface area contributed by atoms with Crippen LogP contribution in [0.15, 0.2) is 18.2 Å². The molecular weight excluding hydrogens is 262 g/mol. The molecule has 1 aromatic carbocycles. The first kappa shape index (κ1) is 16.3. The summed E-state index contributed by atoms with van der Waals surface area (Å²) in [5.41, 5.74) is 6.56. The number of aliphatic hydroxyl groups excluding tert-OH is 1. The summed E-state index contributed by atoms with van der Waals surface area (Å²) in [7, 11) is 0. The lowest BCUT2D eigenvalue weighted by molar-refractivity contribution is 0.161. The SMILES string of the molecule is CCCOc1ccc(Cl)cc1C(CC)CC(O)CN. The fourth-order valence-electron chi connectivity index (χ4n) is 2.12. The highest BCUT2D eigenvalue weighted by Gasteiger charge is 2.18. The quantitative estimate of drug-likeness (QED) is 0.770. The van der Waals surface area contributed by atoms with E-state index >= 15 is 0 Å². The molecule has 0 radical (unpaired) electrons. The average Bonchev–Trinajstić information content (AvgIpc) is 2.43. The van der Waals surface area contributed by atoms with Gasteiger partial charge in [-0.25, -0.2) is 0 Å². The molecule has 0 fully saturated rings. The molecule has 3 N–H and O–H groups in total. The van der Waals surface area contributed by atoms with Crippen molar-refractivity contribution in [2.45, 2.75) is 45.1 Å². The van der Waals surface area contributed by atoms with E-state index in [4.69, 9.17) is 22.1 Å².